The minimum atomic E-state index is -3.48. The number of aromatic amines is 1. The van der Waals surface area contributed by atoms with E-state index in [-0.39, 0.29) is 24.7 Å². The summed E-state index contributed by atoms with van der Waals surface area (Å²) in [6.07, 6.45) is 3.16. The molecule has 9 heteroatoms. The zero-order chi connectivity index (χ0) is 19.6. The normalized spacial score (nSPS) is 14.4. The van der Waals surface area contributed by atoms with Crippen molar-refractivity contribution in [2.45, 2.75) is 18.8 Å². The summed E-state index contributed by atoms with van der Waals surface area (Å²) >= 11 is 1.55. The fourth-order valence-corrected chi connectivity index (χ4v) is 5.06. The third kappa shape index (κ3) is 4.06. The SMILES string of the molecule is O=C(/C=C/c1ccsc1)Nc1[nH]nc2c1CN(S(=O)(=O)Cc1ccccc1)C2. The highest BCUT2D eigenvalue weighted by atomic mass is 32.2. The van der Waals surface area contributed by atoms with Crippen molar-refractivity contribution in [1.29, 1.82) is 0 Å². The molecular formula is C19H18N4O3S2. The minimum absolute atomic E-state index is 0.0626. The fourth-order valence-electron chi connectivity index (χ4n) is 2.99. The zero-order valence-corrected chi connectivity index (χ0v) is 16.5. The van der Waals surface area contributed by atoms with E-state index in [4.69, 9.17) is 0 Å². The Morgan fingerprint density at radius 3 is 2.82 bits per heavy atom. The Hall–Kier alpha value is -2.75. The van der Waals surface area contributed by atoms with Crippen LogP contribution in [0.1, 0.15) is 22.4 Å². The van der Waals surface area contributed by atoms with E-state index in [9.17, 15) is 13.2 Å². The van der Waals surface area contributed by atoms with E-state index in [1.54, 1.807) is 29.5 Å². The number of thiophene rings is 1. The van der Waals surface area contributed by atoms with Crippen LogP contribution in [0.25, 0.3) is 6.08 Å². The van der Waals surface area contributed by atoms with Gasteiger partial charge in [-0.25, -0.2) is 8.42 Å². The number of sulfonamides is 1. The van der Waals surface area contributed by atoms with Crippen LogP contribution in [0.15, 0.2) is 53.2 Å². The standard InChI is InChI=1S/C19H18N4O3S2/c24-18(7-6-14-8-9-27-12-14)20-19-16-10-23(11-17(16)21-22-19)28(25,26)13-15-4-2-1-3-5-15/h1-9,12H,10-11,13H2,(H2,20,21,22,24)/b7-6+. The maximum atomic E-state index is 12.7. The van der Waals surface area contributed by atoms with Gasteiger partial charge in [-0.1, -0.05) is 30.3 Å². The molecule has 0 saturated heterocycles. The van der Waals surface area contributed by atoms with Gasteiger partial charge >= 0.3 is 0 Å². The molecule has 0 atom stereocenters. The highest BCUT2D eigenvalue weighted by Crippen LogP contribution is 2.30. The van der Waals surface area contributed by atoms with Crippen LogP contribution in [0.3, 0.4) is 0 Å². The third-order valence-electron chi connectivity index (χ3n) is 4.42. The maximum Gasteiger partial charge on any atom is 0.249 e. The Morgan fingerprint density at radius 1 is 1.25 bits per heavy atom. The van der Waals surface area contributed by atoms with Gasteiger partial charge in [0.15, 0.2) is 0 Å². The van der Waals surface area contributed by atoms with Crippen LogP contribution >= 0.6 is 11.3 Å². The molecule has 2 aromatic heterocycles. The first-order chi connectivity index (χ1) is 13.5. The van der Waals surface area contributed by atoms with Gasteiger partial charge in [-0.15, -0.1) is 0 Å². The molecule has 1 aliphatic heterocycles. The molecule has 4 rings (SSSR count). The van der Waals surface area contributed by atoms with Crippen molar-refractivity contribution in [1.82, 2.24) is 14.5 Å². The number of aromatic nitrogens is 2. The Balaban J connectivity index is 1.43. The Kier molecular flexibility index (Phi) is 5.12. The predicted molar refractivity (Wildman–Crippen MR) is 109 cm³/mol. The number of rotatable bonds is 6. The molecule has 7 nitrogen and oxygen atoms in total. The van der Waals surface area contributed by atoms with Crippen LogP contribution in [-0.2, 0) is 33.7 Å². The van der Waals surface area contributed by atoms with Crippen LogP contribution in [0.5, 0.6) is 0 Å². The molecule has 0 radical (unpaired) electrons. The summed E-state index contributed by atoms with van der Waals surface area (Å²) in [6, 6.07) is 11.0. The van der Waals surface area contributed by atoms with Crippen molar-refractivity contribution >= 4 is 39.2 Å². The van der Waals surface area contributed by atoms with E-state index in [0.29, 0.717) is 17.1 Å². The molecule has 0 spiro atoms. The topological polar surface area (TPSA) is 95.2 Å². The quantitative estimate of drug-likeness (QED) is 0.606. The summed E-state index contributed by atoms with van der Waals surface area (Å²) in [6.45, 7) is 0.381. The number of amides is 1. The highest BCUT2D eigenvalue weighted by molar-refractivity contribution is 7.88. The third-order valence-corrected chi connectivity index (χ3v) is 6.86. The summed E-state index contributed by atoms with van der Waals surface area (Å²) in [7, 11) is -3.48. The molecule has 28 heavy (non-hydrogen) atoms. The highest BCUT2D eigenvalue weighted by Gasteiger charge is 2.33. The van der Waals surface area contributed by atoms with Crippen LogP contribution in [-0.4, -0.2) is 28.8 Å². The van der Waals surface area contributed by atoms with Crippen molar-refractivity contribution in [3.05, 3.63) is 75.6 Å². The molecular weight excluding hydrogens is 396 g/mol. The molecule has 3 aromatic rings. The Labute approximate surface area is 166 Å². The summed E-state index contributed by atoms with van der Waals surface area (Å²) < 4.78 is 26.8. The van der Waals surface area contributed by atoms with E-state index < -0.39 is 10.0 Å². The smallest absolute Gasteiger partial charge is 0.249 e. The van der Waals surface area contributed by atoms with Gasteiger partial charge in [0.05, 0.1) is 18.0 Å². The second kappa shape index (κ2) is 7.70. The van der Waals surface area contributed by atoms with Gasteiger partial charge in [0.2, 0.25) is 15.9 Å². The van der Waals surface area contributed by atoms with Crippen molar-refractivity contribution in [2.24, 2.45) is 0 Å². The largest absolute Gasteiger partial charge is 0.307 e. The molecule has 0 aliphatic carbocycles. The first-order valence-corrected chi connectivity index (χ1v) is 11.2. The molecule has 0 saturated carbocycles. The predicted octanol–water partition coefficient (Wildman–Crippen LogP) is 2.97. The average Bonchev–Trinajstić information content (AvgIpc) is 3.39. The van der Waals surface area contributed by atoms with E-state index in [1.165, 1.54) is 10.4 Å². The van der Waals surface area contributed by atoms with E-state index in [1.807, 2.05) is 35.0 Å². The van der Waals surface area contributed by atoms with Gasteiger partial charge in [-0.3, -0.25) is 9.89 Å². The lowest BCUT2D eigenvalue weighted by Crippen LogP contribution is -2.27. The lowest BCUT2D eigenvalue weighted by Gasteiger charge is -2.16. The van der Waals surface area contributed by atoms with Crippen molar-refractivity contribution < 1.29 is 13.2 Å². The number of anilines is 1. The Bertz CT molecular complexity index is 1100. The number of hydrogen-bond acceptors (Lipinski definition) is 5. The Morgan fingerprint density at radius 2 is 2.07 bits per heavy atom. The molecule has 3 heterocycles. The van der Waals surface area contributed by atoms with Gasteiger partial charge in [0, 0.05) is 18.2 Å². The molecule has 0 bridgehead atoms. The lowest BCUT2D eigenvalue weighted by molar-refractivity contribution is -0.111. The van der Waals surface area contributed by atoms with Crippen molar-refractivity contribution in [3.8, 4) is 0 Å². The van der Waals surface area contributed by atoms with Crippen molar-refractivity contribution in [2.75, 3.05) is 5.32 Å². The summed E-state index contributed by atoms with van der Waals surface area (Å²) in [5.41, 5.74) is 3.02. The van der Waals surface area contributed by atoms with Gasteiger partial charge in [-0.05, 0) is 34.0 Å². The second-order valence-corrected chi connectivity index (χ2v) is 9.16. The molecule has 144 valence electrons. The van der Waals surface area contributed by atoms with E-state index in [2.05, 4.69) is 15.5 Å². The van der Waals surface area contributed by atoms with Gasteiger partial charge in [-0.2, -0.15) is 20.7 Å². The molecule has 2 N–H and O–H groups in total. The zero-order valence-electron chi connectivity index (χ0n) is 14.8. The number of nitrogens with one attached hydrogen (secondary N) is 2. The number of carbonyl (C=O) groups is 1. The van der Waals surface area contributed by atoms with Crippen LogP contribution < -0.4 is 5.32 Å². The summed E-state index contributed by atoms with van der Waals surface area (Å²) in [4.78, 5) is 12.2. The molecule has 1 amide bonds. The molecule has 0 unspecified atom stereocenters. The first-order valence-electron chi connectivity index (χ1n) is 8.60. The molecule has 1 aliphatic rings. The monoisotopic (exact) mass is 414 g/mol. The number of nitrogens with zero attached hydrogens (tertiary/aromatic N) is 2. The maximum absolute atomic E-state index is 12.7. The number of carbonyl (C=O) groups excluding carboxylic acids is 1. The van der Waals surface area contributed by atoms with Gasteiger partial charge < -0.3 is 5.32 Å². The van der Waals surface area contributed by atoms with E-state index in [0.717, 1.165) is 11.1 Å². The minimum Gasteiger partial charge on any atom is -0.307 e. The van der Waals surface area contributed by atoms with Gasteiger partial charge in [0.25, 0.3) is 0 Å². The number of hydrogen-bond donors (Lipinski definition) is 2. The number of benzene rings is 1. The average molecular weight is 415 g/mol. The van der Waals surface area contributed by atoms with Crippen LogP contribution in [0, 0.1) is 0 Å². The van der Waals surface area contributed by atoms with Crippen molar-refractivity contribution in [3.63, 3.8) is 0 Å². The van der Waals surface area contributed by atoms with Crippen LogP contribution in [0.4, 0.5) is 5.82 Å². The first kappa shape index (κ1) is 18.6. The van der Waals surface area contributed by atoms with Gasteiger partial charge in [0.1, 0.15) is 5.82 Å². The molecule has 1 aromatic carbocycles. The second-order valence-electron chi connectivity index (χ2n) is 6.41. The number of fused-ring (bicyclic) bond motifs is 1. The summed E-state index contributed by atoms with van der Waals surface area (Å²) in [5.74, 6) is 0.0722. The summed E-state index contributed by atoms with van der Waals surface area (Å²) in [5, 5.41) is 13.6. The molecule has 0 fully saturated rings. The number of H-pyrrole nitrogens is 1. The fraction of sp³-hybridized carbons (Fsp3) is 0.158. The van der Waals surface area contributed by atoms with Crippen LogP contribution in [0.2, 0.25) is 0 Å². The lowest BCUT2D eigenvalue weighted by atomic mass is 10.2. The van der Waals surface area contributed by atoms with E-state index >= 15 is 0 Å².